The van der Waals surface area contributed by atoms with Gasteiger partial charge in [-0.25, -0.2) is 0 Å². The summed E-state index contributed by atoms with van der Waals surface area (Å²) >= 11 is 1.71. The molecule has 0 heterocycles. The molecule has 0 atom stereocenters. The number of rotatable bonds is 3. The zero-order chi connectivity index (χ0) is 8.97. The molecule has 2 heteroatoms. The second-order valence-electron chi connectivity index (χ2n) is 2.84. The summed E-state index contributed by atoms with van der Waals surface area (Å²) in [5, 5.41) is 8.67. The van der Waals surface area contributed by atoms with Gasteiger partial charge in [-0.05, 0) is 25.5 Å². The molecule has 0 aliphatic heterocycles. The lowest BCUT2D eigenvalue weighted by Crippen LogP contribution is -1.88. The van der Waals surface area contributed by atoms with Crippen LogP contribution in [0.5, 0.6) is 0 Å². The minimum atomic E-state index is 0.248. The monoisotopic (exact) mass is 182 g/mol. The highest BCUT2D eigenvalue weighted by Gasteiger charge is 1.97. The zero-order valence-corrected chi connectivity index (χ0v) is 8.32. The Balaban J connectivity index is 2.75. The van der Waals surface area contributed by atoms with Crippen molar-refractivity contribution in [3.05, 3.63) is 29.3 Å². The van der Waals surface area contributed by atoms with Gasteiger partial charge in [0.15, 0.2) is 0 Å². The zero-order valence-electron chi connectivity index (χ0n) is 7.50. The molecule has 1 N–H and O–H groups in total. The van der Waals surface area contributed by atoms with Gasteiger partial charge < -0.3 is 5.11 Å². The molecule has 1 aromatic carbocycles. The van der Waals surface area contributed by atoms with E-state index in [0.717, 1.165) is 5.75 Å². The average Bonchev–Trinajstić information content (AvgIpc) is 2.07. The van der Waals surface area contributed by atoms with Crippen LogP contribution >= 0.6 is 11.8 Å². The Kier molecular flexibility index (Phi) is 3.63. The summed E-state index contributed by atoms with van der Waals surface area (Å²) in [4.78, 5) is 1.28. The fourth-order valence-corrected chi connectivity index (χ4v) is 1.89. The molecule has 0 bridgehead atoms. The van der Waals surface area contributed by atoms with Crippen molar-refractivity contribution in [1.29, 1.82) is 0 Å². The summed E-state index contributed by atoms with van der Waals surface area (Å²) < 4.78 is 0. The van der Waals surface area contributed by atoms with Gasteiger partial charge in [0.1, 0.15) is 0 Å². The van der Waals surface area contributed by atoms with Crippen LogP contribution in [0.4, 0.5) is 0 Å². The van der Waals surface area contributed by atoms with Gasteiger partial charge in [-0.15, -0.1) is 11.8 Å². The van der Waals surface area contributed by atoms with Gasteiger partial charge in [0.25, 0.3) is 0 Å². The van der Waals surface area contributed by atoms with Crippen LogP contribution in [0.25, 0.3) is 0 Å². The quantitative estimate of drug-likeness (QED) is 0.724. The molecule has 0 amide bonds. The molecule has 1 rings (SSSR count). The molecule has 1 aromatic rings. The maximum atomic E-state index is 8.67. The average molecular weight is 182 g/mol. The van der Waals surface area contributed by atoms with Gasteiger partial charge in [0.05, 0.1) is 6.61 Å². The Morgan fingerprint density at radius 2 is 2.08 bits per heavy atom. The molecule has 66 valence electrons. The van der Waals surface area contributed by atoms with Crippen LogP contribution < -0.4 is 0 Å². The maximum Gasteiger partial charge on any atom is 0.0525 e. The summed E-state index contributed by atoms with van der Waals surface area (Å²) in [6.45, 7) is 4.43. The smallest absolute Gasteiger partial charge is 0.0525 e. The van der Waals surface area contributed by atoms with Gasteiger partial charge in [0, 0.05) is 10.6 Å². The minimum absolute atomic E-state index is 0.248. The van der Waals surface area contributed by atoms with Gasteiger partial charge >= 0.3 is 0 Å². The van der Waals surface area contributed by atoms with Crippen LogP contribution in [-0.2, 0) is 0 Å². The highest BCUT2D eigenvalue weighted by molar-refractivity contribution is 7.99. The highest BCUT2D eigenvalue weighted by Crippen LogP contribution is 2.22. The number of thioether (sulfide) groups is 1. The molecule has 0 fully saturated rings. The fraction of sp³-hybridized carbons (Fsp3) is 0.400. The Morgan fingerprint density at radius 1 is 1.33 bits per heavy atom. The Labute approximate surface area is 77.8 Å². The third kappa shape index (κ3) is 2.54. The van der Waals surface area contributed by atoms with Gasteiger partial charge in [-0.1, -0.05) is 17.7 Å². The van der Waals surface area contributed by atoms with Crippen molar-refractivity contribution in [3.8, 4) is 0 Å². The van der Waals surface area contributed by atoms with Crippen LogP contribution in [0.1, 0.15) is 11.1 Å². The van der Waals surface area contributed by atoms with Crippen LogP contribution in [-0.4, -0.2) is 17.5 Å². The summed E-state index contributed by atoms with van der Waals surface area (Å²) in [6, 6.07) is 6.39. The third-order valence-corrected chi connectivity index (χ3v) is 2.83. The topological polar surface area (TPSA) is 20.2 Å². The Bertz CT molecular complexity index is 258. The number of aryl methyl sites for hydroxylation is 2. The number of hydrogen-bond acceptors (Lipinski definition) is 2. The molecule has 0 saturated carbocycles. The van der Waals surface area contributed by atoms with Crippen molar-refractivity contribution >= 4 is 11.8 Å². The molecular weight excluding hydrogens is 168 g/mol. The van der Waals surface area contributed by atoms with E-state index >= 15 is 0 Å². The second kappa shape index (κ2) is 4.53. The first-order chi connectivity index (χ1) is 5.74. The molecular formula is C10H14OS. The molecule has 0 aliphatic rings. The first kappa shape index (κ1) is 9.62. The predicted molar refractivity (Wildman–Crippen MR) is 53.7 cm³/mol. The van der Waals surface area contributed by atoms with Crippen molar-refractivity contribution in [3.63, 3.8) is 0 Å². The van der Waals surface area contributed by atoms with Crippen LogP contribution in [0.3, 0.4) is 0 Å². The van der Waals surface area contributed by atoms with Crippen LogP contribution in [0.15, 0.2) is 23.1 Å². The van der Waals surface area contributed by atoms with E-state index < -0.39 is 0 Å². The van der Waals surface area contributed by atoms with Crippen molar-refractivity contribution in [2.45, 2.75) is 18.7 Å². The predicted octanol–water partition coefficient (Wildman–Crippen LogP) is 2.39. The Hall–Kier alpha value is -0.470. The molecule has 0 aliphatic carbocycles. The lowest BCUT2D eigenvalue weighted by atomic mass is 10.2. The third-order valence-electron chi connectivity index (χ3n) is 1.69. The molecule has 1 nitrogen and oxygen atoms in total. The minimum Gasteiger partial charge on any atom is -0.396 e. The fourth-order valence-electron chi connectivity index (χ4n) is 1.02. The second-order valence-corrected chi connectivity index (χ2v) is 3.98. The molecule has 0 unspecified atom stereocenters. The number of aliphatic hydroxyl groups is 1. The molecule has 0 radical (unpaired) electrons. The number of aliphatic hydroxyl groups excluding tert-OH is 1. The van der Waals surface area contributed by atoms with E-state index in [2.05, 4.69) is 32.0 Å². The van der Waals surface area contributed by atoms with E-state index in [-0.39, 0.29) is 6.61 Å². The lowest BCUT2D eigenvalue weighted by Gasteiger charge is -2.04. The lowest BCUT2D eigenvalue weighted by molar-refractivity contribution is 0.322. The van der Waals surface area contributed by atoms with Gasteiger partial charge in [0.2, 0.25) is 0 Å². The SMILES string of the molecule is Cc1ccc(C)c(SCCO)c1. The van der Waals surface area contributed by atoms with Crippen molar-refractivity contribution in [1.82, 2.24) is 0 Å². The van der Waals surface area contributed by atoms with E-state index in [9.17, 15) is 0 Å². The first-order valence-corrected chi connectivity index (χ1v) is 5.03. The van der Waals surface area contributed by atoms with E-state index in [0.29, 0.717) is 0 Å². The highest BCUT2D eigenvalue weighted by atomic mass is 32.2. The number of hydrogen-bond donors (Lipinski definition) is 1. The van der Waals surface area contributed by atoms with Gasteiger partial charge in [-0.2, -0.15) is 0 Å². The molecule has 0 spiro atoms. The van der Waals surface area contributed by atoms with Crippen molar-refractivity contribution in [2.24, 2.45) is 0 Å². The van der Waals surface area contributed by atoms with Crippen molar-refractivity contribution < 1.29 is 5.11 Å². The molecule has 0 aromatic heterocycles. The summed E-state index contributed by atoms with van der Waals surface area (Å²) in [6.07, 6.45) is 0. The number of benzene rings is 1. The van der Waals surface area contributed by atoms with Crippen molar-refractivity contribution in [2.75, 3.05) is 12.4 Å². The Morgan fingerprint density at radius 3 is 2.75 bits per heavy atom. The standard InChI is InChI=1S/C10H14OS/c1-8-3-4-9(2)10(7-8)12-6-5-11/h3-4,7,11H,5-6H2,1-2H3. The van der Waals surface area contributed by atoms with Crippen LogP contribution in [0.2, 0.25) is 0 Å². The van der Waals surface area contributed by atoms with Crippen LogP contribution in [0, 0.1) is 13.8 Å². The summed E-state index contributed by atoms with van der Waals surface area (Å²) in [5.41, 5.74) is 2.57. The normalized spacial score (nSPS) is 10.2. The van der Waals surface area contributed by atoms with E-state index in [4.69, 9.17) is 5.11 Å². The summed E-state index contributed by atoms with van der Waals surface area (Å²) in [5.74, 6) is 0.782. The van der Waals surface area contributed by atoms with E-state index in [1.54, 1.807) is 11.8 Å². The molecule has 0 saturated heterocycles. The van der Waals surface area contributed by atoms with E-state index in [1.807, 2.05) is 0 Å². The molecule has 12 heavy (non-hydrogen) atoms. The summed E-state index contributed by atoms with van der Waals surface area (Å²) in [7, 11) is 0. The maximum absolute atomic E-state index is 8.67. The van der Waals surface area contributed by atoms with E-state index in [1.165, 1.54) is 16.0 Å². The largest absolute Gasteiger partial charge is 0.396 e. The van der Waals surface area contributed by atoms with Gasteiger partial charge in [-0.3, -0.25) is 0 Å². The first-order valence-electron chi connectivity index (χ1n) is 4.05.